The van der Waals surface area contributed by atoms with Crippen LogP contribution in [0.15, 0.2) is 48.5 Å². The number of hydrogen-bond acceptors (Lipinski definition) is 2. The van der Waals surface area contributed by atoms with Gasteiger partial charge in [0.15, 0.2) is 0 Å². The second-order valence-electron chi connectivity index (χ2n) is 4.12. The number of hydrogen-bond donors (Lipinski definition) is 1. The van der Waals surface area contributed by atoms with Crippen molar-refractivity contribution < 1.29 is 9.50 Å². The molecule has 0 saturated carbocycles. The molecule has 2 nitrogen and oxygen atoms in total. The second kappa shape index (κ2) is 5.54. The molecule has 2 aromatic rings. The first-order valence-electron chi connectivity index (χ1n) is 5.98. The molecule has 0 aliphatic carbocycles. The van der Waals surface area contributed by atoms with Gasteiger partial charge in [-0.15, -0.1) is 0 Å². The Labute approximate surface area is 106 Å². The molecule has 0 heterocycles. The third-order valence-electron chi connectivity index (χ3n) is 2.93. The zero-order valence-corrected chi connectivity index (χ0v) is 10.3. The lowest BCUT2D eigenvalue weighted by atomic mass is 10.1. The van der Waals surface area contributed by atoms with E-state index in [0.29, 0.717) is 6.54 Å². The Hall–Kier alpha value is -2.03. The molecule has 0 unspecified atom stereocenters. The van der Waals surface area contributed by atoms with Crippen molar-refractivity contribution >= 4 is 5.69 Å². The van der Waals surface area contributed by atoms with Gasteiger partial charge < -0.3 is 10.0 Å². The lowest BCUT2D eigenvalue weighted by Gasteiger charge is -2.23. The molecule has 0 bridgehead atoms. The molecule has 3 heteroatoms. The molecule has 94 valence electrons. The van der Waals surface area contributed by atoms with Gasteiger partial charge >= 0.3 is 0 Å². The van der Waals surface area contributed by atoms with Crippen molar-refractivity contribution in [2.45, 2.75) is 13.5 Å². The van der Waals surface area contributed by atoms with E-state index < -0.39 is 0 Å². The highest BCUT2D eigenvalue weighted by Gasteiger charge is 2.08. The van der Waals surface area contributed by atoms with Crippen LogP contribution in [0.2, 0.25) is 0 Å². The Kier molecular flexibility index (Phi) is 3.82. The summed E-state index contributed by atoms with van der Waals surface area (Å²) in [5.74, 6) is 0.0513. The molecule has 2 rings (SSSR count). The Bertz CT molecular complexity index is 510. The molecular formula is C15H16FNO. The van der Waals surface area contributed by atoms with Crippen LogP contribution in [0.4, 0.5) is 10.1 Å². The minimum Gasteiger partial charge on any atom is -0.508 e. The van der Waals surface area contributed by atoms with Crippen LogP contribution in [-0.2, 0) is 6.54 Å². The molecule has 0 spiro atoms. The summed E-state index contributed by atoms with van der Waals surface area (Å²) in [6.45, 7) is 3.43. The maximum atomic E-state index is 12.9. The summed E-state index contributed by atoms with van der Waals surface area (Å²) in [4.78, 5) is 2.08. The molecule has 1 N–H and O–H groups in total. The topological polar surface area (TPSA) is 23.5 Å². The fourth-order valence-corrected chi connectivity index (χ4v) is 1.89. The molecule has 0 aliphatic rings. The highest BCUT2D eigenvalue weighted by atomic mass is 19.1. The number of halogens is 1. The number of rotatable bonds is 4. The van der Waals surface area contributed by atoms with Crippen molar-refractivity contribution in [3.8, 4) is 5.75 Å². The second-order valence-corrected chi connectivity index (χ2v) is 4.12. The number of benzene rings is 2. The lowest BCUT2D eigenvalue weighted by molar-refractivity contribution is 0.467. The minimum atomic E-state index is -0.239. The molecule has 0 fully saturated rings. The molecule has 0 aliphatic heterocycles. The van der Waals surface area contributed by atoms with E-state index >= 15 is 0 Å². The Morgan fingerprint density at radius 3 is 2.33 bits per heavy atom. The summed E-state index contributed by atoms with van der Waals surface area (Å²) in [6, 6.07) is 13.7. The molecule has 0 saturated heterocycles. The van der Waals surface area contributed by atoms with Crippen molar-refractivity contribution in [1.82, 2.24) is 0 Å². The summed E-state index contributed by atoms with van der Waals surface area (Å²) in [7, 11) is 0. The Balaban J connectivity index is 2.20. The van der Waals surface area contributed by atoms with Crippen LogP contribution in [-0.4, -0.2) is 11.7 Å². The number of phenolic OH excluding ortho intramolecular Hbond substituents is 1. The molecule has 18 heavy (non-hydrogen) atoms. The fourth-order valence-electron chi connectivity index (χ4n) is 1.89. The van der Waals surface area contributed by atoms with E-state index in [-0.39, 0.29) is 11.6 Å². The Morgan fingerprint density at radius 2 is 1.72 bits per heavy atom. The van der Waals surface area contributed by atoms with E-state index in [1.165, 1.54) is 12.1 Å². The number of para-hydroxylation sites is 1. The van der Waals surface area contributed by atoms with Gasteiger partial charge in [0.25, 0.3) is 0 Å². The third kappa shape index (κ3) is 2.80. The number of nitrogens with zero attached hydrogens (tertiary/aromatic N) is 1. The van der Waals surface area contributed by atoms with Crippen molar-refractivity contribution in [1.29, 1.82) is 0 Å². The van der Waals surface area contributed by atoms with E-state index in [0.717, 1.165) is 17.8 Å². The summed E-state index contributed by atoms with van der Waals surface area (Å²) in [5, 5.41) is 9.76. The van der Waals surface area contributed by atoms with Crippen LogP contribution in [0, 0.1) is 5.82 Å². The highest BCUT2D eigenvalue weighted by Crippen LogP contribution is 2.22. The van der Waals surface area contributed by atoms with Crippen molar-refractivity contribution in [2.75, 3.05) is 11.4 Å². The zero-order valence-electron chi connectivity index (χ0n) is 10.3. The Morgan fingerprint density at radius 1 is 1.06 bits per heavy atom. The fraction of sp³-hybridized carbons (Fsp3) is 0.200. The van der Waals surface area contributed by atoms with E-state index in [1.54, 1.807) is 24.3 Å². The summed E-state index contributed by atoms with van der Waals surface area (Å²) >= 11 is 0. The van der Waals surface area contributed by atoms with Crippen LogP contribution in [0.5, 0.6) is 5.75 Å². The van der Waals surface area contributed by atoms with Crippen molar-refractivity contribution in [2.24, 2.45) is 0 Å². The SMILES string of the molecule is CCN(Cc1ccccc1O)c1ccc(F)cc1. The standard InChI is InChI=1S/C15H16FNO/c1-2-17(14-9-7-13(16)8-10-14)11-12-5-3-4-6-15(12)18/h3-10,18H,2,11H2,1H3. The van der Waals surface area contributed by atoms with Crippen LogP contribution in [0.25, 0.3) is 0 Å². The molecule has 0 aromatic heterocycles. The highest BCUT2D eigenvalue weighted by molar-refractivity contribution is 5.48. The maximum Gasteiger partial charge on any atom is 0.123 e. The first-order valence-corrected chi connectivity index (χ1v) is 5.98. The van der Waals surface area contributed by atoms with Crippen LogP contribution in [0.1, 0.15) is 12.5 Å². The van der Waals surface area contributed by atoms with Gasteiger partial charge in [-0.05, 0) is 37.3 Å². The van der Waals surface area contributed by atoms with Gasteiger partial charge in [-0.2, -0.15) is 0 Å². The van der Waals surface area contributed by atoms with Gasteiger partial charge in [-0.3, -0.25) is 0 Å². The quantitative estimate of drug-likeness (QED) is 0.890. The number of anilines is 1. The zero-order chi connectivity index (χ0) is 13.0. The van der Waals surface area contributed by atoms with Gasteiger partial charge in [0.2, 0.25) is 0 Å². The van der Waals surface area contributed by atoms with Gasteiger partial charge in [0.1, 0.15) is 11.6 Å². The maximum absolute atomic E-state index is 12.9. The van der Waals surface area contributed by atoms with Gasteiger partial charge in [0, 0.05) is 24.3 Å². The minimum absolute atomic E-state index is 0.239. The summed E-state index contributed by atoms with van der Waals surface area (Å²) in [5.41, 5.74) is 1.81. The molecule has 0 amide bonds. The molecule has 0 radical (unpaired) electrons. The van der Waals surface area contributed by atoms with Gasteiger partial charge in [-0.25, -0.2) is 4.39 Å². The van der Waals surface area contributed by atoms with E-state index in [2.05, 4.69) is 4.90 Å². The normalized spacial score (nSPS) is 10.3. The summed E-state index contributed by atoms with van der Waals surface area (Å²) < 4.78 is 12.9. The van der Waals surface area contributed by atoms with E-state index in [1.807, 2.05) is 19.1 Å². The van der Waals surface area contributed by atoms with E-state index in [9.17, 15) is 9.50 Å². The lowest BCUT2D eigenvalue weighted by Crippen LogP contribution is -2.21. The summed E-state index contributed by atoms with van der Waals surface area (Å²) in [6.07, 6.45) is 0. The van der Waals surface area contributed by atoms with Crippen LogP contribution >= 0.6 is 0 Å². The third-order valence-corrected chi connectivity index (χ3v) is 2.93. The average Bonchev–Trinajstić information content (AvgIpc) is 2.39. The van der Waals surface area contributed by atoms with Crippen molar-refractivity contribution in [3.63, 3.8) is 0 Å². The van der Waals surface area contributed by atoms with Crippen LogP contribution < -0.4 is 4.90 Å². The first-order chi connectivity index (χ1) is 8.70. The van der Waals surface area contributed by atoms with E-state index in [4.69, 9.17) is 0 Å². The first kappa shape index (κ1) is 12.4. The predicted octanol–water partition coefficient (Wildman–Crippen LogP) is 3.56. The monoisotopic (exact) mass is 245 g/mol. The van der Waals surface area contributed by atoms with Gasteiger partial charge in [-0.1, -0.05) is 18.2 Å². The smallest absolute Gasteiger partial charge is 0.123 e. The number of aromatic hydroxyl groups is 1. The predicted molar refractivity (Wildman–Crippen MR) is 71.2 cm³/mol. The average molecular weight is 245 g/mol. The largest absolute Gasteiger partial charge is 0.508 e. The van der Waals surface area contributed by atoms with Gasteiger partial charge in [0.05, 0.1) is 0 Å². The molecule has 0 atom stereocenters. The van der Waals surface area contributed by atoms with Crippen LogP contribution in [0.3, 0.4) is 0 Å². The van der Waals surface area contributed by atoms with Crippen molar-refractivity contribution in [3.05, 3.63) is 59.9 Å². The number of phenols is 1. The molecular weight excluding hydrogens is 229 g/mol. The molecule has 2 aromatic carbocycles.